The standard InChI is InChI=1S/C21H18F3N5O2/c1-29(15-2-3-19(28-11-15)31-12-14-10-25-6-7-26-14)20(30)16-8-13-4-5-27-18(13)9-17(16)21(22,23)24/h2-3,6-11,27H,4-5,12H2,1H3. The molecule has 10 heteroatoms. The van der Waals surface area contributed by atoms with Crippen molar-refractivity contribution < 1.29 is 22.7 Å². The van der Waals surface area contributed by atoms with Gasteiger partial charge in [0, 0.05) is 37.7 Å². The lowest BCUT2D eigenvalue weighted by atomic mass is 10.00. The summed E-state index contributed by atoms with van der Waals surface area (Å²) in [5.74, 6) is -0.480. The molecule has 0 fully saturated rings. The SMILES string of the molecule is CN(C(=O)c1cc2c(cc1C(F)(F)F)NCC2)c1ccc(OCc2cnccn2)nc1. The molecule has 0 unspecified atom stereocenters. The van der Waals surface area contributed by atoms with Gasteiger partial charge in [-0.05, 0) is 30.2 Å². The lowest BCUT2D eigenvalue weighted by Crippen LogP contribution is -2.29. The lowest BCUT2D eigenvalue weighted by molar-refractivity contribution is -0.137. The van der Waals surface area contributed by atoms with Crippen molar-refractivity contribution in [2.45, 2.75) is 19.2 Å². The van der Waals surface area contributed by atoms with E-state index in [0.717, 1.165) is 11.0 Å². The maximum absolute atomic E-state index is 13.6. The van der Waals surface area contributed by atoms with Gasteiger partial charge in [0.05, 0.1) is 34.9 Å². The number of aromatic nitrogens is 3. The Bertz CT molecular complexity index is 1090. The van der Waals surface area contributed by atoms with Crippen molar-refractivity contribution in [3.8, 4) is 5.88 Å². The van der Waals surface area contributed by atoms with E-state index >= 15 is 0 Å². The summed E-state index contributed by atoms with van der Waals surface area (Å²) in [5.41, 5.74) is 0.707. The summed E-state index contributed by atoms with van der Waals surface area (Å²) >= 11 is 0. The van der Waals surface area contributed by atoms with Crippen LogP contribution in [0.2, 0.25) is 0 Å². The Balaban J connectivity index is 1.53. The molecule has 1 aliphatic heterocycles. The minimum Gasteiger partial charge on any atom is -0.471 e. The molecule has 0 saturated carbocycles. The van der Waals surface area contributed by atoms with E-state index in [0.29, 0.717) is 35.6 Å². The molecule has 0 aliphatic carbocycles. The van der Waals surface area contributed by atoms with Crippen LogP contribution >= 0.6 is 0 Å². The highest BCUT2D eigenvalue weighted by Gasteiger charge is 2.37. The van der Waals surface area contributed by atoms with Gasteiger partial charge in [-0.2, -0.15) is 13.2 Å². The topological polar surface area (TPSA) is 80.2 Å². The Morgan fingerprint density at radius 2 is 2.03 bits per heavy atom. The average Bonchev–Trinajstić information content (AvgIpc) is 3.24. The Hall–Kier alpha value is -3.69. The van der Waals surface area contributed by atoms with Crippen molar-refractivity contribution in [2.24, 2.45) is 0 Å². The summed E-state index contributed by atoms with van der Waals surface area (Å²) in [6.07, 6.45) is 1.93. The van der Waals surface area contributed by atoms with Gasteiger partial charge in [-0.25, -0.2) is 4.98 Å². The van der Waals surface area contributed by atoms with Crippen LogP contribution in [0, 0.1) is 0 Å². The van der Waals surface area contributed by atoms with Gasteiger partial charge in [-0.1, -0.05) is 0 Å². The van der Waals surface area contributed by atoms with E-state index in [1.165, 1.54) is 25.4 Å². The third kappa shape index (κ3) is 4.42. The highest BCUT2D eigenvalue weighted by molar-refractivity contribution is 6.07. The zero-order valence-electron chi connectivity index (χ0n) is 16.5. The fourth-order valence-corrected chi connectivity index (χ4v) is 3.27. The molecule has 1 aromatic carbocycles. The van der Waals surface area contributed by atoms with E-state index in [2.05, 4.69) is 20.3 Å². The number of rotatable bonds is 5. The van der Waals surface area contributed by atoms with Crippen LogP contribution in [0.4, 0.5) is 24.5 Å². The Morgan fingerprint density at radius 1 is 1.19 bits per heavy atom. The van der Waals surface area contributed by atoms with Crippen LogP contribution < -0.4 is 15.0 Å². The van der Waals surface area contributed by atoms with E-state index < -0.39 is 17.6 Å². The zero-order valence-corrected chi connectivity index (χ0v) is 16.5. The summed E-state index contributed by atoms with van der Waals surface area (Å²) in [4.78, 5) is 26.2. The van der Waals surface area contributed by atoms with Crippen LogP contribution in [0.25, 0.3) is 0 Å². The molecule has 31 heavy (non-hydrogen) atoms. The molecule has 7 nitrogen and oxygen atoms in total. The van der Waals surface area contributed by atoms with Gasteiger partial charge in [-0.3, -0.25) is 14.8 Å². The zero-order chi connectivity index (χ0) is 22.0. The second-order valence-electron chi connectivity index (χ2n) is 6.93. The van der Waals surface area contributed by atoms with Crippen molar-refractivity contribution in [3.63, 3.8) is 0 Å². The monoisotopic (exact) mass is 429 g/mol. The number of fused-ring (bicyclic) bond motifs is 1. The van der Waals surface area contributed by atoms with E-state index in [9.17, 15) is 18.0 Å². The van der Waals surface area contributed by atoms with Gasteiger partial charge in [-0.15, -0.1) is 0 Å². The van der Waals surface area contributed by atoms with E-state index in [4.69, 9.17) is 4.74 Å². The number of carbonyl (C=O) groups is 1. The molecular weight excluding hydrogens is 411 g/mol. The minimum absolute atomic E-state index is 0.160. The third-order valence-corrected chi connectivity index (χ3v) is 4.89. The molecule has 1 amide bonds. The van der Waals surface area contributed by atoms with Gasteiger partial charge in [0.25, 0.3) is 5.91 Å². The molecule has 2 aromatic heterocycles. The number of nitrogens with one attached hydrogen (secondary N) is 1. The molecule has 3 heterocycles. The maximum atomic E-state index is 13.6. The number of amides is 1. The molecular formula is C21H18F3N5O2. The number of alkyl halides is 3. The number of hydrogen-bond donors (Lipinski definition) is 1. The second-order valence-corrected chi connectivity index (χ2v) is 6.93. The van der Waals surface area contributed by atoms with Gasteiger partial charge >= 0.3 is 6.18 Å². The first-order valence-corrected chi connectivity index (χ1v) is 9.43. The Morgan fingerprint density at radius 3 is 2.71 bits per heavy atom. The number of nitrogens with zero attached hydrogens (tertiary/aromatic N) is 4. The first-order chi connectivity index (χ1) is 14.8. The number of benzene rings is 1. The highest BCUT2D eigenvalue weighted by Crippen LogP contribution is 2.37. The molecule has 4 rings (SSSR count). The van der Waals surface area contributed by atoms with Crippen LogP contribution in [0.3, 0.4) is 0 Å². The molecule has 0 saturated heterocycles. The van der Waals surface area contributed by atoms with Crippen molar-refractivity contribution in [1.82, 2.24) is 15.0 Å². The van der Waals surface area contributed by atoms with Gasteiger partial charge in [0.1, 0.15) is 6.61 Å². The van der Waals surface area contributed by atoms with Crippen molar-refractivity contribution in [3.05, 3.63) is 71.4 Å². The number of carbonyl (C=O) groups excluding carboxylic acids is 1. The quantitative estimate of drug-likeness (QED) is 0.666. The first kappa shape index (κ1) is 20.6. The van der Waals surface area contributed by atoms with Crippen molar-refractivity contribution in [2.75, 3.05) is 23.8 Å². The number of anilines is 2. The van der Waals surface area contributed by atoms with Crippen molar-refractivity contribution in [1.29, 1.82) is 0 Å². The number of pyridine rings is 1. The number of hydrogen-bond acceptors (Lipinski definition) is 6. The summed E-state index contributed by atoms with van der Waals surface area (Å²) < 4.78 is 46.3. The van der Waals surface area contributed by atoms with Crippen LogP contribution in [-0.2, 0) is 19.2 Å². The molecule has 1 N–H and O–H groups in total. The largest absolute Gasteiger partial charge is 0.471 e. The maximum Gasteiger partial charge on any atom is 0.417 e. The fraction of sp³-hybridized carbons (Fsp3) is 0.238. The fourth-order valence-electron chi connectivity index (χ4n) is 3.27. The predicted molar refractivity (Wildman–Crippen MR) is 107 cm³/mol. The smallest absolute Gasteiger partial charge is 0.417 e. The Kier molecular flexibility index (Phi) is 5.45. The molecule has 3 aromatic rings. The molecule has 0 bridgehead atoms. The molecule has 0 atom stereocenters. The normalized spacial score (nSPS) is 12.8. The number of halogens is 3. The summed E-state index contributed by atoms with van der Waals surface area (Å²) in [7, 11) is 1.41. The lowest BCUT2D eigenvalue weighted by Gasteiger charge is -2.21. The second kappa shape index (κ2) is 8.21. The third-order valence-electron chi connectivity index (χ3n) is 4.89. The predicted octanol–water partition coefficient (Wildman–Crippen LogP) is 3.71. The summed E-state index contributed by atoms with van der Waals surface area (Å²) in [6, 6.07) is 5.42. The number of ether oxygens (including phenoxy) is 1. The average molecular weight is 429 g/mol. The first-order valence-electron chi connectivity index (χ1n) is 9.43. The molecule has 0 spiro atoms. The molecule has 160 valence electrons. The Labute approximate surface area is 175 Å². The van der Waals surface area contributed by atoms with Gasteiger partial charge in [0.2, 0.25) is 5.88 Å². The molecule has 1 aliphatic rings. The van der Waals surface area contributed by atoms with E-state index in [1.807, 2.05) is 0 Å². The van der Waals surface area contributed by atoms with Crippen LogP contribution in [-0.4, -0.2) is 34.5 Å². The van der Waals surface area contributed by atoms with E-state index in [-0.39, 0.29) is 18.1 Å². The minimum atomic E-state index is -4.65. The van der Waals surface area contributed by atoms with Gasteiger partial charge < -0.3 is 15.0 Å². The van der Waals surface area contributed by atoms with Crippen LogP contribution in [0.5, 0.6) is 5.88 Å². The van der Waals surface area contributed by atoms with Crippen molar-refractivity contribution >= 4 is 17.3 Å². The van der Waals surface area contributed by atoms with E-state index in [1.54, 1.807) is 24.7 Å². The van der Waals surface area contributed by atoms with Gasteiger partial charge in [0.15, 0.2) is 0 Å². The highest BCUT2D eigenvalue weighted by atomic mass is 19.4. The summed E-state index contributed by atoms with van der Waals surface area (Å²) in [6.45, 7) is 0.702. The molecule has 0 radical (unpaired) electrons. The summed E-state index contributed by atoms with van der Waals surface area (Å²) in [5, 5.41) is 2.91. The van der Waals surface area contributed by atoms with Crippen LogP contribution in [0.1, 0.15) is 27.2 Å². The van der Waals surface area contributed by atoms with Crippen LogP contribution in [0.15, 0.2) is 49.1 Å².